The normalized spacial score (nSPS) is 12.7. The SMILES string of the molecule is COC(=O)[C@@H](OC(C)(C)C)c1c(C)c(N)c(C=Cc2ccccc2)c(C)c1-c1ccc(C)cc1. The van der Waals surface area contributed by atoms with E-state index < -0.39 is 17.7 Å². The highest BCUT2D eigenvalue weighted by Crippen LogP contribution is 2.43. The number of carbonyl (C=O) groups excluding carboxylic acids is 1. The van der Waals surface area contributed by atoms with Gasteiger partial charge in [0.2, 0.25) is 0 Å². The number of nitrogen functional groups attached to an aromatic ring is 1. The Kier molecular flexibility index (Phi) is 7.63. The van der Waals surface area contributed by atoms with Crippen LogP contribution in [0, 0.1) is 20.8 Å². The lowest BCUT2D eigenvalue weighted by molar-refractivity contribution is -0.164. The van der Waals surface area contributed by atoms with Crippen LogP contribution in [0.5, 0.6) is 0 Å². The lowest BCUT2D eigenvalue weighted by Crippen LogP contribution is -2.29. The van der Waals surface area contributed by atoms with Gasteiger partial charge in [0.1, 0.15) is 0 Å². The summed E-state index contributed by atoms with van der Waals surface area (Å²) >= 11 is 0. The molecule has 0 aliphatic carbocycles. The van der Waals surface area contributed by atoms with Crippen molar-refractivity contribution in [1.82, 2.24) is 0 Å². The average molecular weight is 458 g/mol. The predicted octanol–water partition coefficient (Wildman–Crippen LogP) is 7.06. The van der Waals surface area contributed by atoms with Crippen LogP contribution >= 0.6 is 0 Å². The maximum atomic E-state index is 13.0. The summed E-state index contributed by atoms with van der Waals surface area (Å²) in [5.41, 5.74) is 14.4. The van der Waals surface area contributed by atoms with Gasteiger partial charge < -0.3 is 15.2 Å². The van der Waals surface area contributed by atoms with Crippen LogP contribution in [0.2, 0.25) is 0 Å². The Balaban J connectivity index is 2.33. The number of hydrogen-bond donors (Lipinski definition) is 1. The monoisotopic (exact) mass is 457 g/mol. The number of hydrogen-bond acceptors (Lipinski definition) is 4. The Morgan fingerprint density at radius 1 is 0.912 bits per heavy atom. The number of rotatable bonds is 6. The molecule has 34 heavy (non-hydrogen) atoms. The van der Waals surface area contributed by atoms with E-state index in [4.69, 9.17) is 15.2 Å². The maximum absolute atomic E-state index is 13.0. The largest absolute Gasteiger partial charge is 0.467 e. The molecule has 0 aliphatic rings. The molecule has 3 aromatic carbocycles. The van der Waals surface area contributed by atoms with E-state index in [1.54, 1.807) is 0 Å². The number of aryl methyl sites for hydroxylation is 1. The molecule has 0 saturated heterocycles. The van der Waals surface area contributed by atoms with Crippen molar-refractivity contribution in [3.63, 3.8) is 0 Å². The van der Waals surface area contributed by atoms with Gasteiger partial charge in [-0.3, -0.25) is 0 Å². The van der Waals surface area contributed by atoms with E-state index in [0.717, 1.165) is 44.5 Å². The minimum Gasteiger partial charge on any atom is -0.467 e. The van der Waals surface area contributed by atoms with Gasteiger partial charge in [0.05, 0.1) is 12.7 Å². The fraction of sp³-hybridized carbons (Fsp3) is 0.300. The van der Waals surface area contributed by atoms with Gasteiger partial charge in [-0.2, -0.15) is 0 Å². The first-order valence-electron chi connectivity index (χ1n) is 11.5. The molecule has 3 rings (SSSR count). The second-order valence-corrected chi connectivity index (χ2v) is 9.61. The highest BCUT2D eigenvalue weighted by molar-refractivity contribution is 5.90. The number of methoxy groups -OCH3 is 1. The van der Waals surface area contributed by atoms with Gasteiger partial charge in [-0.05, 0) is 69.4 Å². The standard InChI is InChI=1S/C30H35NO3/c1-19-13-16-23(17-14-19)25-20(2)24(18-15-22-11-9-8-10-12-22)27(31)21(3)26(25)28(29(32)33-7)34-30(4,5)6/h8-18,28H,31H2,1-7H3/t28-/m0/s1. The Bertz CT molecular complexity index is 1190. The van der Waals surface area contributed by atoms with E-state index in [0.29, 0.717) is 5.69 Å². The van der Waals surface area contributed by atoms with Crippen LogP contribution in [-0.2, 0) is 14.3 Å². The molecule has 2 N–H and O–H groups in total. The molecular formula is C30H35NO3. The molecular weight excluding hydrogens is 422 g/mol. The summed E-state index contributed by atoms with van der Waals surface area (Å²) < 4.78 is 11.4. The second-order valence-electron chi connectivity index (χ2n) is 9.61. The van der Waals surface area contributed by atoms with Crippen molar-refractivity contribution in [2.75, 3.05) is 12.8 Å². The fourth-order valence-electron chi connectivity index (χ4n) is 4.14. The molecule has 4 heteroatoms. The van der Waals surface area contributed by atoms with Gasteiger partial charge in [-0.15, -0.1) is 0 Å². The highest BCUT2D eigenvalue weighted by atomic mass is 16.6. The number of esters is 1. The average Bonchev–Trinajstić information content (AvgIpc) is 2.80. The molecule has 0 saturated carbocycles. The van der Waals surface area contributed by atoms with E-state index in [1.165, 1.54) is 7.11 Å². The van der Waals surface area contributed by atoms with E-state index in [-0.39, 0.29) is 0 Å². The number of benzene rings is 3. The van der Waals surface area contributed by atoms with Crippen LogP contribution in [0.25, 0.3) is 23.3 Å². The number of anilines is 1. The second kappa shape index (κ2) is 10.3. The highest BCUT2D eigenvalue weighted by Gasteiger charge is 2.33. The van der Waals surface area contributed by atoms with Gasteiger partial charge in [0.15, 0.2) is 6.10 Å². The molecule has 0 heterocycles. The first-order valence-corrected chi connectivity index (χ1v) is 11.5. The van der Waals surface area contributed by atoms with E-state index in [9.17, 15) is 4.79 Å². The topological polar surface area (TPSA) is 61.5 Å². The van der Waals surface area contributed by atoms with Crippen molar-refractivity contribution in [2.45, 2.75) is 53.2 Å². The van der Waals surface area contributed by atoms with Crippen LogP contribution in [0.15, 0.2) is 54.6 Å². The van der Waals surface area contributed by atoms with E-state index in [1.807, 2.05) is 58.9 Å². The molecule has 1 atom stereocenters. The van der Waals surface area contributed by atoms with Crippen molar-refractivity contribution < 1.29 is 14.3 Å². The molecule has 0 bridgehead atoms. The van der Waals surface area contributed by atoms with Crippen LogP contribution < -0.4 is 5.73 Å². The molecule has 0 aliphatic heterocycles. The molecule has 0 amide bonds. The molecule has 178 valence electrons. The summed E-state index contributed by atoms with van der Waals surface area (Å²) in [6.45, 7) is 11.8. The van der Waals surface area contributed by atoms with Gasteiger partial charge in [-0.1, -0.05) is 72.3 Å². The van der Waals surface area contributed by atoms with Crippen molar-refractivity contribution in [1.29, 1.82) is 0 Å². The summed E-state index contributed by atoms with van der Waals surface area (Å²) in [6, 6.07) is 18.4. The zero-order chi connectivity index (χ0) is 25.0. The van der Waals surface area contributed by atoms with Gasteiger partial charge in [0, 0.05) is 16.8 Å². The van der Waals surface area contributed by atoms with Crippen molar-refractivity contribution in [2.24, 2.45) is 0 Å². The third kappa shape index (κ3) is 5.57. The summed E-state index contributed by atoms with van der Waals surface area (Å²) in [4.78, 5) is 13.0. The third-order valence-corrected chi connectivity index (χ3v) is 5.88. The van der Waals surface area contributed by atoms with Crippen LogP contribution in [0.4, 0.5) is 5.69 Å². The van der Waals surface area contributed by atoms with E-state index >= 15 is 0 Å². The molecule has 0 radical (unpaired) electrons. The molecule has 0 unspecified atom stereocenters. The van der Waals surface area contributed by atoms with Gasteiger partial charge in [0.25, 0.3) is 0 Å². The molecule has 4 nitrogen and oxygen atoms in total. The number of ether oxygens (including phenoxy) is 2. The fourth-order valence-corrected chi connectivity index (χ4v) is 4.14. The summed E-state index contributed by atoms with van der Waals surface area (Å²) in [5, 5.41) is 0. The van der Waals surface area contributed by atoms with Crippen LogP contribution in [-0.4, -0.2) is 18.7 Å². The number of nitrogens with two attached hydrogens (primary N) is 1. The maximum Gasteiger partial charge on any atom is 0.339 e. The zero-order valence-electron chi connectivity index (χ0n) is 21.2. The summed E-state index contributed by atoms with van der Waals surface area (Å²) in [5.74, 6) is -0.447. The molecule has 0 aromatic heterocycles. The molecule has 0 spiro atoms. The van der Waals surface area contributed by atoms with Gasteiger partial charge >= 0.3 is 5.97 Å². The first kappa shape index (κ1) is 25.3. The summed E-state index contributed by atoms with van der Waals surface area (Å²) in [6.07, 6.45) is 3.20. The quantitative estimate of drug-likeness (QED) is 0.244. The lowest BCUT2D eigenvalue weighted by atomic mass is 9.84. The lowest BCUT2D eigenvalue weighted by Gasteiger charge is -2.30. The molecule has 0 fully saturated rings. The summed E-state index contributed by atoms with van der Waals surface area (Å²) in [7, 11) is 1.38. The minimum atomic E-state index is -0.908. The Morgan fingerprint density at radius 2 is 1.53 bits per heavy atom. The third-order valence-electron chi connectivity index (χ3n) is 5.88. The smallest absolute Gasteiger partial charge is 0.339 e. The zero-order valence-corrected chi connectivity index (χ0v) is 21.2. The van der Waals surface area contributed by atoms with Crippen LogP contribution in [0.3, 0.4) is 0 Å². The Labute approximate surface area is 203 Å². The van der Waals surface area contributed by atoms with Crippen molar-refractivity contribution >= 4 is 23.8 Å². The molecule has 3 aromatic rings. The van der Waals surface area contributed by atoms with Gasteiger partial charge in [-0.25, -0.2) is 4.79 Å². The first-order chi connectivity index (χ1) is 16.0. The van der Waals surface area contributed by atoms with Crippen molar-refractivity contribution in [3.05, 3.63) is 88.0 Å². The van der Waals surface area contributed by atoms with Crippen molar-refractivity contribution in [3.8, 4) is 11.1 Å². The van der Waals surface area contributed by atoms with Crippen LogP contribution in [0.1, 0.15) is 60.3 Å². The van der Waals surface area contributed by atoms with E-state index in [2.05, 4.69) is 49.4 Å². The Morgan fingerprint density at radius 3 is 2.09 bits per heavy atom. The Hall–Kier alpha value is -3.37. The minimum absolute atomic E-state index is 0.447. The predicted molar refractivity (Wildman–Crippen MR) is 141 cm³/mol. The number of carbonyl (C=O) groups is 1.